The summed E-state index contributed by atoms with van der Waals surface area (Å²) in [7, 11) is 0. The Balaban J connectivity index is 0.00000208. The Labute approximate surface area is 145 Å². The van der Waals surface area contributed by atoms with Crippen LogP contribution in [-0.4, -0.2) is 42.5 Å². The lowest BCUT2D eigenvalue weighted by molar-refractivity contribution is -0.274. The van der Waals surface area contributed by atoms with E-state index in [9.17, 15) is 18.3 Å². The first kappa shape index (κ1) is 19.1. The standard InChI is InChI=1S/C16H21F3N2O2.ClH/c17-16(18,19)23-12-4-5-14(22)13(10-12)15(11-2-1-3-11)21-8-6-20-7-9-21;/h4-5,10-11,15,20,22H,1-3,6-9H2;1H/t15-;/m0./s1. The van der Waals surface area contributed by atoms with Gasteiger partial charge in [-0.15, -0.1) is 25.6 Å². The van der Waals surface area contributed by atoms with Crippen molar-refractivity contribution in [3.05, 3.63) is 23.8 Å². The second kappa shape index (κ2) is 7.80. The van der Waals surface area contributed by atoms with E-state index in [4.69, 9.17) is 0 Å². The van der Waals surface area contributed by atoms with Crippen molar-refractivity contribution in [1.82, 2.24) is 10.2 Å². The van der Waals surface area contributed by atoms with Gasteiger partial charge in [0.15, 0.2) is 0 Å². The Bertz CT molecular complexity index is 547. The van der Waals surface area contributed by atoms with E-state index in [1.54, 1.807) is 0 Å². The van der Waals surface area contributed by atoms with E-state index in [0.29, 0.717) is 11.5 Å². The Hall–Kier alpha value is -1.18. The number of ether oxygens (including phenoxy) is 1. The van der Waals surface area contributed by atoms with Gasteiger partial charge in [0.05, 0.1) is 0 Å². The average molecular weight is 367 g/mol. The molecule has 1 saturated carbocycles. The summed E-state index contributed by atoms with van der Waals surface area (Å²) in [5.41, 5.74) is 0.540. The molecule has 2 fully saturated rings. The second-order valence-electron chi connectivity index (χ2n) is 6.19. The summed E-state index contributed by atoms with van der Waals surface area (Å²) in [5, 5.41) is 13.5. The predicted octanol–water partition coefficient (Wildman–Crippen LogP) is 3.46. The second-order valence-corrected chi connectivity index (χ2v) is 6.19. The first-order chi connectivity index (χ1) is 10.9. The molecule has 3 rings (SSSR count). The third kappa shape index (κ3) is 4.46. The lowest BCUT2D eigenvalue weighted by Gasteiger charge is -2.43. The largest absolute Gasteiger partial charge is 0.573 e. The summed E-state index contributed by atoms with van der Waals surface area (Å²) in [6.45, 7) is 3.35. The molecular weight excluding hydrogens is 345 g/mol. The molecule has 136 valence electrons. The van der Waals surface area contributed by atoms with E-state index >= 15 is 0 Å². The average Bonchev–Trinajstić information content (AvgIpc) is 2.44. The molecule has 24 heavy (non-hydrogen) atoms. The molecule has 1 aromatic rings. The van der Waals surface area contributed by atoms with E-state index in [0.717, 1.165) is 51.5 Å². The molecule has 1 saturated heterocycles. The van der Waals surface area contributed by atoms with Crippen LogP contribution in [0.1, 0.15) is 30.9 Å². The number of nitrogens with one attached hydrogen (secondary N) is 1. The number of aromatic hydroxyl groups is 1. The lowest BCUT2D eigenvalue weighted by atomic mass is 9.76. The summed E-state index contributed by atoms with van der Waals surface area (Å²) in [5.74, 6) is 0.139. The topological polar surface area (TPSA) is 44.7 Å². The molecule has 2 aliphatic rings. The fourth-order valence-electron chi connectivity index (χ4n) is 3.43. The zero-order valence-electron chi connectivity index (χ0n) is 13.2. The molecule has 1 aliphatic carbocycles. The Morgan fingerprint density at radius 1 is 1.21 bits per heavy atom. The van der Waals surface area contributed by atoms with Crippen molar-refractivity contribution in [2.24, 2.45) is 5.92 Å². The van der Waals surface area contributed by atoms with Crippen molar-refractivity contribution in [1.29, 1.82) is 0 Å². The number of phenolic OH excluding ortho intramolecular Hbond substituents is 1. The van der Waals surface area contributed by atoms with Gasteiger partial charge >= 0.3 is 6.36 Å². The summed E-state index contributed by atoms with van der Waals surface area (Å²) in [6, 6.07) is 3.74. The van der Waals surface area contributed by atoms with Gasteiger partial charge in [0, 0.05) is 37.8 Å². The molecule has 0 spiro atoms. The van der Waals surface area contributed by atoms with E-state index in [1.807, 2.05) is 0 Å². The van der Waals surface area contributed by atoms with E-state index in [2.05, 4.69) is 15.0 Å². The highest BCUT2D eigenvalue weighted by atomic mass is 35.5. The summed E-state index contributed by atoms with van der Waals surface area (Å²) < 4.78 is 41.4. The summed E-state index contributed by atoms with van der Waals surface area (Å²) in [4.78, 5) is 2.26. The number of phenols is 1. The highest BCUT2D eigenvalue weighted by Crippen LogP contribution is 2.45. The van der Waals surface area contributed by atoms with Crippen LogP contribution >= 0.6 is 12.4 Å². The van der Waals surface area contributed by atoms with Crippen LogP contribution in [0.3, 0.4) is 0 Å². The maximum atomic E-state index is 12.5. The maximum absolute atomic E-state index is 12.5. The van der Waals surface area contributed by atoms with Crippen molar-refractivity contribution in [3.8, 4) is 11.5 Å². The van der Waals surface area contributed by atoms with Crippen molar-refractivity contribution >= 4 is 12.4 Å². The molecule has 4 nitrogen and oxygen atoms in total. The van der Waals surface area contributed by atoms with Gasteiger partial charge in [-0.05, 0) is 37.0 Å². The highest BCUT2D eigenvalue weighted by molar-refractivity contribution is 5.85. The van der Waals surface area contributed by atoms with Gasteiger partial charge in [0.2, 0.25) is 0 Å². The normalized spacial score (nSPS) is 20.8. The van der Waals surface area contributed by atoms with E-state index in [-0.39, 0.29) is 29.9 Å². The minimum absolute atomic E-state index is 0. The smallest absolute Gasteiger partial charge is 0.508 e. The molecule has 0 radical (unpaired) electrons. The molecule has 2 N–H and O–H groups in total. The summed E-state index contributed by atoms with van der Waals surface area (Å²) in [6.07, 6.45) is -1.52. The van der Waals surface area contributed by atoms with Crippen LogP contribution in [-0.2, 0) is 0 Å². The maximum Gasteiger partial charge on any atom is 0.573 e. The van der Waals surface area contributed by atoms with Gasteiger partial charge in [-0.25, -0.2) is 0 Å². The fourth-order valence-corrected chi connectivity index (χ4v) is 3.43. The molecule has 1 atom stereocenters. The quantitative estimate of drug-likeness (QED) is 0.856. The Morgan fingerprint density at radius 2 is 1.88 bits per heavy atom. The van der Waals surface area contributed by atoms with Gasteiger partial charge in [-0.2, -0.15) is 0 Å². The summed E-state index contributed by atoms with van der Waals surface area (Å²) >= 11 is 0. The van der Waals surface area contributed by atoms with Gasteiger partial charge in [0.25, 0.3) is 0 Å². The van der Waals surface area contributed by atoms with Crippen LogP contribution in [0.4, 0.5) is 13.2 Å². The van der Waals surface area contributed by atoms with Gasteiger partial charge < -0.3 is 15.2 Å². The number of nitrogens with zero attached hydrogens (tertiary/aromatic N) is 1. The van der Waals surface area contributed by atoms with Crippen molar-refractivity contribution in [2.45, 2.75) is 31.7 Å². The molecule has 1 aromatic carbocycles. The lowest BCUT2D eigenvalue weighted by Crippen LogP contribution is -2.47. The number of rotatable bonds is 4. The Kier molecular flexibility index (Phi) is 6.22. The number of benzene rings is 1. The molecule has 0 amide bonds. The molecule has 1 heterocycles. The van der Waals surface area contributed by atoms with Gasteiger partial charge in [-0.1, -0.05) is 6.42 Å². The predicted molar refractivity (Wildman–Crippen MR) is 86.6 cm³/mol. The first-order valence-electron chi connectivity index (χ1n) is 7.97. The van der Waals surface area contributed by atoms with Crippen molar-refractivity contribution < 1.29 is 23.0 Å². The van der Waals surface area contributed by atoms with Crippen LogP contribution in [0, 0.1) is 5.92 Å². The number of piperazine rings is 1. The molecule has 1 aliphatic heterocycles. The number of hydrogen-bond donors (Lipinski definition) is 2. The number of alkyl halides is 3. The van der Waals surface area contributed by atoms with Crippen LogP contribution in [0.5, 0.6) is 11.5 Å². The van der Waals surface area contributed by atoms with Crippen molar-refractivity contribution in [2.75, 3.05) is 26.2 Å². The van der Waals surface area contributed by atoms with Gasteiger partial charge in [-0.3, -0.25) is 4.90 Å². The van der Waals surface area contributed by atoms with Crippen LogP contribution in [0.2, 0.25) is 0 Å². The fraction of sp³-hybridized carbons (Fsp3) is 0.625. The minimum atomic E-state index is -4.73. The zero-order valence-corrected chi connectivity index (χ0v) is 14.0. The zero-order chi connectivity index (χ0) is 16.4. The van der Waals surface area contributed by atoms with Crippen LogP contribution in [0.15, 0.2) is 18.2 Å². The van der Waals surface area contributed by atoms with E-state index < -0.39 is 6.36 Å². The number of hydrogen-bond acceptors (Lipinski definition) is 4. The number of halogens is 4. The SMILES string of the molecule is Cl.Oc1ccc(OC(F)(F)F)cc1[C@H](C1CCC1)N1CCNCC1. The molecule has 0 aromatic heterocycles. The van der Waals surface area contributed by atoms with Crippen LogP contribution in [0.25, 0.3) is 0 Å². The molecular formula is C16H22ClF3N2O2. The van der Waals surface area contributed by atoms with Crippen molar-refractivity contribution in [3.63, 3.8) is 0 Å². The minimum Gasteiger partial charge on any atom is -0.508 e. The monoisotopic (exact) mass is 366 g/mol. The highest BCUT2D eigenvalue weighted by Gasteiger charge is 2.36. The first-order valence-corrected chi connectivity index (χ1v) is 7.97. The molecule has 8 heteroatoms. The van der Waals surface area contributed by atoms with Gasteiger partial charge in [0.1, 0.15) is 11.5 Å². The Morgan fingerprint density at radius 3 is 2.42 bits per heavy atom. The van der Waals surface area contributed by atoms with Crippen LogP contribution < -0.4 is 10.1 Å². The molecule has 0 bridgehead atoms. The third-order valence-corrected chi connectivity index (χ3v) is 4.69. The van der Waals surface area contributed by atoms with E-state index in [1.165, 1.54) is 12.1 Å². The molecule has 0 unspecified atom stereocenters. The third-order valence-electron chi connectivity index (χ3n) is 4.69.